The molecule has 0 heterocycles. The van der Waals surface area contributed by atoms with E-state index in [4.69, 9.17) is 0 Å². The number of rotatable bonds is 3. The Hall–Kier alpha value is -0.617. The second kappa shape index (κ2) is 8.17. The molecular formula is C21H20Cl2Zr. The molecule has 0 fully saturated rings. The number of benzene rings is 2. The molecule has 3 heteroatoms. The molecule has 0 spiro atoms. The zero-order valence-electron chi connectivity index (χ0n) is 13.9. The van der Waals surface area contributed by atoms with Crippen LogP contribution in [0.2, 0.25) is 0 Å². The second-order valence-corrected chi connectivity index (χ2v) is 9.88. The maximum atomic E-state index is 2.52. The Labute approximate surface area is 168 Å². The maximum Gasteiger partial charge on any atom is -1.00 e. The molecule has 0 aromatic heterocycles. The molecule has 0 saturated heterocycles. The van der Waals surface area contributed by atoms with Crippen LogP contribution >= 0.6 is 0 Å². The van der Waals surface area contributed by atoms with Crippen molar-refractivity contribution in [1.82, 2.24) is 0 Å². The van der Waals surface area contributed by atoms with Crippen LogP contribution in [0.5, 0.6) is 0 Å². The zero-order valence-corrected chi connectivity index (χ0v) is 17.9. The summed E-state index contributed by atoms with van der Waals surface area (Å²) in [6.45, 7) is 4.66. The van der Waals surface area contributed by atoms with E-state index < -0.39 is 23.2 Å². The minimum absolute atomic E-state index is 0. The molecule has 0 unspecified atom stereocenters. The molecule has 24 heavy (non-hydrogen) atoms. The predicted molar refractivity (Wildman–Crippen MR) is 91.3 cm³/mol. The Bertz CT molecular complexity index is 844. The van der Waals surface area contributed by atoms with Crippen molar-refractivity contribution in [2.75, 3.05) is 0 Å². The summed E-state index contributed by atoms with van der Waals surface area (Å²) in [6, 6.07) is 13.5. The molecule has 2 aromatic rings. The van der Waals surface area contributed by atoms with Gasteiger partial charge >= 0.3 is 145 Å². The molecule has 2 aliphatic carbocycles. The minimum atomic E-state index is -0.671. The molecule has 0 amide bonds. The molecule has 2 aromatic carbocycles. The van der Waals surface area contributed by atoms with Gasteiger partial charge in [0.05, 0.1) is 0 Å². The first-order chi connectivity index (χ1) is 10.7. The van der Waals surface area contributed by atoms with Gasteiger partial charge in [0.1, 0.15) is 0 Å². The van der Waals surface area contributed by atoms with E-state index in [1.54, 1.807) is 17.7 Å². The first-order valence-corrected chi connectivity index (χ1v) is 10.6. The monoisotopic (exact) mass is 432 g/mol. The van der Waals surface area contributed by atoms with Crippen molar-refractivity contribution in [3.63, 3.8) is 0 Å². The van der Waals surface area contributed by atoms with Crippen LogP contribution in [0.4, 0.5) is 0 Å². The van der Waals surface area contributed by atoms with Gasteiger partial charge in [-0.25, -0.2) is 0 Å². The molecule has 4 rings (SSSR count). The topological polar surface area (TPSA) is 0 Å². The first-order valence-electron chi connectivity index (χ1n) is 8.12. The van der Waals surface area contributed by atoms with E-state index in [1.807, 2.05) is 0 Å². The van der Waals surface area contributed by atoms with Crippen molar-refractivity contribution in [3.8, 4) is 0 Å². The first kappa shape index (κ1) is 19.7. The molecule has 0 nitrogen and oxygen atoms in total. The SMILES string of the molecule is CC(C)C1=[C]([Zr+2][C]2=CCc3ccc4ccccc4c32)CC=C1.[Cl-].[Cl-]. The van der Waals surface area contributed by atoms with Gasteiger partial charge < -0.3 is 24.8 Å². The van der Waals surface area contributed by atoms with E-state index in [9.17, 15) is 0 Å². The van der Waals surface area contributed by atoms with Gasteiger partial charge in [0, 0.05) is 0 Å². The third kappa shape index (κ3) is 3.50. The smallest absolute Gasteiger partial charge is 1.00 e. The predicted octanol–water partition coefficient (Wildman–Crippen LogP) is -0.303. The van der Waals surface area contributed by atoms with Crippen LogP contribution in [0.1, 0.15) is 31.4 Å². The van der Waals surface area contributed by atoms with Gasteiger partial charge in [0.25, 0.3) is 0 Å². The molecule has 0 saturated carbocycles. The van der Waals surface area contributed by atoms with Crippen LogP contribution in [-0.4, -0.2) is 0 Å². The number of halogens is 2. The summed E-state index contributed by atoms with van der Waals surface area (Å²) >= 11 is -0.671. The van der Waals surface area contributed by atoms with Gasteiger partial charge in [-0.15, -0.1) is 0 Å². The summed E-state index contributed by atoms with van der Waals surface area (Å²) in [5, 5.41) is 2.85. The van der Waals surface area contributed by atoms with Crippen molar-refractivity contribution < 1.29 is 48.0 Å². The van der Waals surface area contributed by atoms with Gasteiger partial charge in [-0.1, -0.05) is 0 Å². The van der Waals surface area contributed by atoms with Crippen LogP contribution in [-0.2, 0) is 29.7 Å². The Kier molecular flexibility index (Phi) is 6.71. The molecule has 0 aliphatic heterocycles. The summed E-state index contributed by atoms with van der Waals surface area (Å²) in [6.07, 6.45) is 9.60. The standard InChI is InChI=1S/C13H9.C8H11.2ClH.Zr/c1-2-6-12-10(4-1)8-9-11-5-3-7-13(11)12;1-7(2)8-5-3-4-6-8;;;/h1-4,6,8-9H,5H2;3,5,7H,4H2,1-2H3;2*1H;/q;;;;+2/p-2. The summed E-state index contributed by atoms with van der Waals surface area (Å²) in [7, 11) is 0. The van der Waals surface area contributed by atoms with Crippen LogP contribution < -0.4 is 24.8 Å². The number of hydrogen-bond donors (Lipinski definition) is 0. The Morgan fingerprint density at radius 1 is 0.958 bits per heavy atom. The molecule has 0 atom stereocenters. The Morgan fingerprint density at radius 3 is 2.54 bits per heavy atom. The van der Waals surface area contributed by atoms with Crippen molar-refractivity contribution >= 4 is 14.1 Å². The van der Waals surface area contributed by atoms with Crippen LogP contribution in [0, 0.1) is 5.92 Å². The Balaban J connectivity index is 0.00000104. The van der Waals surface area contributed by atoms with Crippen LogP contribution in [0.15, 0.2) is 63.5 Å². The average molecular weight is 435 g/mol. The fourth-order valence-corrected chi connectivity index (χ4v) is 7.72. The molecular weight excluding hydrogens is 414 g/mol. The number of allylic oxidation sites excluding steroid dienone is 5. The average Bonchev–Trinajstić information content (AvgIpc) is 3.15. The van der Waals surface area contributed by atoms with E-state index >= 15 is 0 Å². The normalized spacial score (nSPS) is 15.0. The molecule has 2 aliphatic rings. The summed E-state index contributed by atoms with van der Waals surface area (Å²) in [5.41, 5.74) is 4.74. The van der Waals surface area contributed by atoms with Crippen LogP contribution in [0.3, 0.4) is 0 Å². The van der Waals surface area contributed by atoms with Crippen molar-refractivity contribution in [2.24, 2.45) is 5.92 Å². The third-order valence-corrected chi connectivity index (χ3v) is 8.42. The molecule has 0 radical (unpaired) electrons. The van der Waals surface area contributed by atoms with Crippen LogP contribution in [0.25, 0.3) is 14.1 Å². The van der Waals surface area contributed by atoms with E-state index in [0.717, 1.165) is 6.42 Å². The summed E-state index contributed by atoms with van der Waals surface area (Å²) in [5.74, 6) is 0.670. The molecule has 0 N–H and O–H groups in total. The second-order valence-electron chi connectivity index (χ2n) is 6.46. The molecule has 0 bridgehead atoms. The Morgan fingerprint density at radius 2 is 1.75 bits per heavy atom. The minimum Gasteiger partial charge on any atom is -1.00 e. The molecule has 122 valence electrons. The number of hydrogen-bond acceptors (Lipinski definition) is 0. The zero-order chi connectivity index (χ0) is 15.1. The summed E-state index contributed by atoms with van der Waals surface area (Å²) < 4.78 is 3.48. The maximum absolute atomic E-state index is 2.52. The van der Waals surface area contributed by atoms with E-state index in [2.05, 4.69) is 68.5 Å². The number of fused-ring (bicyclic) bond motifs is 3. The van der Waals surface area contributed by atoms with Gasteiger partial charge in [-0.05, 0) is 0 Å². The van der Waals surface area contributed by atoms with Gasteiger partial charge in [-0.3, -0.25) is 0 Å². The van der Waals surface area contributed by atoms with E-state index in [-0.39, 0.29) is 24.8 Å². The fraction of sp³-hybridized carbons (Fsp3) is 0.238. The van der Waals surface area contributed by atoms with E-state index in [1.165, 1.54) is 22.8 Å². The fourth-order valence-electron chi connectivity index (χ4n) is 3.58. The van der Waals surface area contributed by atoms with Gasteiger partial charge in [0.2, 0.25) is 0 Å². The largest absolute Gasteiger partial charge is 1.00 e. The van der Waals surface area contributed by atoms with Gasteiger partial charge in [-0.2, -0.15) is 0 Å². The quantitative estimate of drug-likeness (QED) is 0.622. The van der Waals surface area contributed by atoms with Crippen molar-refractivity contribution in [3.05, 3.63) is 74.6 Å². The van der Waals surface area contributed by atoms with E-state index in [0.29, 0.717) is 5.92 Å². The van der Waals surface area contributed by atoms with Crippen molar-refractivity contribution in [1.29, 1.82) is 0 Å². The third-order valence-electron chi connectivity index (χ3n) is 4.69. The van der Waals surface area contributed by atoms with Gasteiger partial charge in [0.15, 0.2) is 0 Å². The van der Waals surface area contributed by atoms with Crippen molar-refractivity contribution in [2.45, 2.75) is 26.7 Å². The summed E-state index contributed by atoms with van der Waals surface area (Å²) in [4.78, 5) is 0.